The van der Waals surface area contributed by atoms with Gasteiger partial charge in [-0.25, -0.2) is 4.98 Å². The van der Waals surface area contributed by atoms with Gasteiger partial charge in [-0.15, -0.1) is 34.0 Å². The number of nitrogens with zero attached hydrogens (tertiary/aromatic N) is 4. The summed E-state index contributed by atoms with van der Waals surface area (Å²) in [5, 5.41) is 7.27. The predicted molar refractivity (Wildman–Crippen MR) is 224 cm³/mol. The lowest BCUT2D eigenvalue weighted by Crippen LogP contribution is -2.16. The Hall–Kier alpha value is -5.99. The molecule has 244 valence electrons. The van der Waals surface area contributed by atoms with Crippen LogP contribution in [0.3, 0.4) is 0 Å². The van der Waals surface area contributed by atoms with E-state index in [-0.39, 0.29) is 0 Å². The minimum atomic E-state index is 0.574. The lowest BCUT2D eigenvalue weighted by molar-refractivity contribution is 1.03. The predicted octanol–water partition coefficient (Wildman–Crippen LogP) is 13.8. The highest BCUT2D eigenvalue weighted by Crippen LogP contribution is 2.48. The van der Waals surface area contributed by atoms with Crippen LogP contribution in [-0.2, 0) is 0 Å². The maximum Gasteiger partial charge on any atom is 0.238 e. The van der Waals surface area contributed by atoms with Gasteiger partial charge in [0, 0.05) is 71.6 Å². The van der Waals surface area contributed by atoms with Crippen LogP contribution < -0.4 is 4.90 Å². The molecule has 7 aromatic carbocycles. The van der Waals surface area contributed by atoms with Crippen LogP contribution in [0.2, 0.25) is 0 Å². The second kappa shape index (κ2) is 11.8. The first-order valence-corrected chi connectivity index (χ1v) is 19.6. The number of hydrogen-bond donors (Lipinski definition) is 0. The highest BCUT2D eigenvalue weighted by molar-refractivity contribution is 7.26. The average molecular weight is 719 g/mol. The number of benzene rings is 7. The van der Waals surface area contributed by atoms with E-state index in [9.17, 15) is 0 Å². The fraction of sp³-hybridized carbons (Fsp3) is 0. The Balaban J connectivity index is 1.24. The zero-order chi connectivity index (χ0) is 34.2. The van der Waals surface area contributed by atoms with E-state index in [0.29, 0.717) is 17.6 Å². The van der Waals surface area contributed by atoms with Crippen LogP contribution in [0.5, 0.6) is 0 Å². The molecule has 0 unspecified atom stereocenters. The van der Waals surface area contributed by atoms with Gasteiger partial charge in [0.25, 0.3) is 0 Å². The van der Waals surface area contributed by atoms with E-state index in [2.05, 4.69) is 144 Å². The molecule has 0 aliphatic rings. The summed E-state index contributed by atoms with van der Waals surface area (Å²) in [7, 11) is 0. The van der Waals surface area contributed by atoms with Gasteiger partial charge in [0.05, 0.1) is 11.4 Å². The quantitative estimate of drug-likeness (QED) is 0.178. The number of fused-ring (bicyclic) bond motifs is 9. The SMILES string of the molecule is c1ccc(-c2nc(-c3ccc4sc5ccccc5c4c3)nc(N(c3cccc4sc5ccccc5c34)c3cccc4sc5ccccc5c34)n2)cc1. The zero-order valence-electron chi connectivity index (χ0n) is 27.5. The molecule has 52 heavy (non-hydrogen) atoms. The van der Waals surface area contributed by atoms with Crippen molar-refractivity contribution < 1.29 is 0 Å². The molecule has 0 saturated carbocycles. The van der Waals surface area contributed by atoms with Gasteiger partial charge in [0.2, 0.25) is 5.95 Å². The third kappa shape index (κ3) is 4.67. The van der Waals surface area contributed by atoms with E-state index in [1.807, 2.05) is 52.2 Å². The van der Waals surface area contributed by atoms with Crippen molar-refractivity contribution in [1.82, 2.24) is 15.0 Å². The van der Waals surface area contributed by atoms with Crippen molar-refractivity contribution >= 4 is 112 Å². The van der Waals surface area contributed by atoms with E-state index in [4.69, 9.17) is 15.0 Å². The number of thiophene rings is 3. The molecule has 0 atom stereocenters. The van der Waals surface area contributed by atoms with Gasteiger partial charge in [0.15, 0.2) is 11.6 Å². The van der Waals surface area contributed by atoms with Crippen LogP contribution in [0, 0.1) is 0 Å². The van der Waals surface area contributed by atoms with E-state index in [1.165, 1.54) is 60.5 Å². The lowest BCUT2D eigenvalue weighted by Gasteiger charge is -2.26. The molecule has 0 N–H and O–H groups in total. The van der Waals surface area contributed by atoms with Crippen LogP contribution in [0.4, 0.5) is 17.3 Å². The summed E-state index contributed by atoms with van der Waals surface area (Å²) in [5.74, 6) is 1.84. The molecule has 0 radical (unpaired) electrons. The molecule has 0 aliphatic heterocycles. The standard InChI is InChI=1S/C45H26N4S3/c1-2-12-27(13-3-1)43-46-44(28-24-25-38-32(26-28)29-14-4-7-19-35(29)50-38)48-45(47-43)49(33-17-10-22-39-41(33)30-15-5-8-20-36(30)51-39)34-18-11-23-40-42(34)31-16-6-9-21-37(31)52-40/h1-26H. The molecule has 0 aliphatic carbocycles. The molecule has 11 aromatic rings. The number of rotatable bonds is 5. The van der Waals surface area contributed by atoms with Gasteiger partial charge in [-0.1, -0.05) is 97.1 Å². The van der Waals surface area contributed by atoms with E-state index in [0.717, 1.165) is 22.5 Å². The third-order valence-corrected chi connectivity index (χ3v) is 13.2. The highest BCUT2D eigenvalue weighted by atomic mass is 32.1. The van der Waals surface area contributed by atoms with Crippen LogP contribution in [0.1, 0.15) is 0 Å². The van der Waals surface area contributed by atoms with E-state index < -0.39 is 0 Å². The van der Waals surface area contributed by atoms with Gasteiger partial charge in [-0.2, -0.15) is 9.97 Å². The summed E-state index contributed by atoms with van der Waals surface area (Å²) >= 11 is 5.45. The molecule has 0 saturated heterocycles. The van der Waals surface area contributed by atoms with Gasteiger partial charge >= 0.3 is 0 Å². The van der Waals surface area contributed by atoms with Crippen molar-refractivity contribution in [3.05, 3.63) is 158 Å². The Morgan fingerprint density at radius 2 is 0.827 bits per heavy atom. The summed E-state index contributed by atoms with van der Waals surface area (Å²) < 4.78 is 7.46. The second-order valence-electron chi connectivity index (χ2n) is 12.8. The lowest BCUT2D eigenvalue weighted by atomic mass is 10.1. The highest BCUT2D eigenvalue weighted by Gasteiger charge is 2.25. The van der Waals surface area contributed by atoms with Gasteiger partial charge in [-0.05, 0) is 60.7 Å². The number of aromatic nitrogens is 3. The maximum absolute atomic E-state index is 5.41. The van der Waals surface area contributed by atoms with Crippen LogP contribution >= 0.6 is 34.0 Å². The fourth-order valence-electron chi connectivity index (χ4n) is 7.41. The fourth-order valence-corrected chi connectivity index (χ4v) is 10.7. The minimum absolute atomic E-state index is 0.574. The molecule has 0 bridgehead atoms. The van der Waals surface area contributed by atoms with Crippen LogP contribution in [0.25, 0.3) is 83.3 Å². The molecular formula is C45H26N4S3. The van der Waals surface area contributed by atoms with Crippen molar-refractivity contribution in [2.24, 2.45) is 0 Å². The van der Waals surface area contributed by atoms with Gasteiger partial charge in [-0.3, -0.25) is 4.90 Å². The minimum Gasteiger partial charge on any atom is -0.278 e. The Morgan fingerprint density at radius 1 is 0.346 bits per heavy atom. The normalized spacial score (nSPS) is 11.8. The average Bonchev–Trinajstić information content (AvgIpc) is 3.90. The number of hydrogen-bond acceptors (Lipinski definition) is 7. The summed E-state index contributed by atoms with van der Waals surface area (Å²) in [4.78, 5) is 18.2. The van der Waals surface area contributed by atoms with Crippen molar-refractivity contribution in [2.75, 3.05) is 4.90 Å². The summed E-state index contributed by atoms with van der Waals surface area (Å²) in [5.41, 5.74) is 3.96. The maximum atomic E-state index is 5.41. The Kier molecular flexibility index (Phi) is 6.73. The summed E-state index contributed by atoms with van der Waals surface area (Å²) in [6.07, 6.45) is 0. The molecule has 11 rings (SSSR count). The third-order valence-electron chi connectivity index (χ3n) is 9.73. The monoisotopic (exact) mass is 718 g/mol. The van der Waals surface area contributed by atoms with Crippen LogP contribution in [0.15, 0.2) is 158 Å². The van der Waals surface area contributed by atoms with Crippen molar-refractivity contribution in [3.63, 3.8) is 0 Å². The molecule has 4 heterocycles. The summed E-state index contributed by atoms with van der Waals surface area (Å²) in [6.45, 7) is 0. The largest absolute Gasteiger partial charge is 0.278 e. The Bertz CT molecular complexity index is 3040. The molecule has 0 amide bonds. The molecular weight excluding hydrogens is 693 g/mol. The topological polar surface area (TPSA) is 41.9 Å². The first-order chi connectivity index (χ1) is 25.8. The summed E-state index contributed by atoms with van der Waals surface area (Å²) in [6, 6.07) is 56.0. The molecule has 0 spiro atoms. The molecule has 7 heteroatoms. The Labute approximate surface area is 310 Å². The van der Waals surface area contributed by atoms with Gasteiger partial charge < -0.3 is 0 Å². The molecule has 4 nitrogen and oxygen atoms in total. The zero-order valence-corrected chi connectivity index (χ0v) is 30.0. The van der Waals surface area contributed by atoms with Gasteiger partial charge in [0.1, 0.15) is 0 Å². The molecule has 4 aromatic heterocycles. The first kappa shape index (κ1) is 29.7. The van der Waals surface area contributed by atoms with Crippen LogP contribution in [-0.4, -0.2) is 15.0 Å². The smallest absolute Gasteiger partial charge is 0.238 e. The van der Waals surface area contributed by atoms with Crippen molar-refractivity contribution in [1.29, 1.82) is 0 Å². The van der Waals surface area contributed by atoms with Crippen molar-refractivity contribution in [3.8, 4) is 22.8 Å². The number of anilines is 3. The Morgan fingerprint density at radius 3 is 1.46 bits per heavy atom. The first-order valence-electron chi connectivity index (χ1n) is 17.1. The van der Waals surface area contributed by atoms with E-state index >= 15 is 0 Å². The van der Waals surface area contributed by atoms with E-state index in [1.54, 1.807) is 0 Å². The molecule has 0 fully saturated rings. The second-order valence-corrected chi connectivity index (χ2v) is 16.0. The van der Waals surface area contributed by atoms with Crippen molar-refractivity contribution in [2.45, 2.75) is 0 Å².